The lowest BCUT2D eigenvalue weighted by Gasteiger charge is -2.34. The van der Waals surface area contributed by atoms with Crippen molar-refractivity contribution in [1.29, 1.82) is 0 Å². The van der Waals surface area contributed by atoms with Crippen molar-refractivity contribution in [2.45, 2.75) is 26.3 Å². The molecule has 0 amide bonds. The van der Waals surface area contributed by atoms with E-state index >= 15 is 0 Å². The molecule has 0 radical (unpaired) electrons. The molecule has 0 atom stereocenters. The van der Waals surface area contributed by atoms with Crippen LogP contribution in [0.15, 0.2) is 29.9 Å². The van der Waals surface area contributed by atoms with Gasteiger partial charge in [-0.1, -0.05) is 6.92 Å². The molecule has 118 valence electrons. The molecule has 3 rings (SSSR count). The Morgan fingerprint density at radius 1 is 1.09 bits per heavy atom. The quantitative estimate of drug-likeness (QED) is 0.819. The van der Waals surface area contributed by atoms with Gasteiger partial charge in [0.2, 0.25) is 0 Å². The van der Waals surface area contributed by atoms with Crippen LogP contribution < -0.4 is 0 Å². The molecule has 0 aliphatic carbocycles. The zero-order chi connectivity index (χ0) is 15.2. The molecule has 22 heavy (non-hydrogen) atoms. The minimum Gasteiger partial charge on any atom is -0.300 e. The normalized spacial score (nSPS) is 17.0. The van der Waals surface area contributed by atoms with Gasteiger partial charge in [0, 0.05) is 57.0 Å². The summed E-state index contributed by atoms with van der Waals surface area (Å²) in [6.45, 7) is 8.95. The van der Waals surface area contributed by atoms with Crippen LogP contribution in [0.3, 0.4) is 0 Å². The van der Waals surface area contributed by atoms with Crippen molar-refractivity contribution >= 4 is 11.3 Å². The van der Waals surface area contributed by atoms with Gasteiger partial charge in [0.1, 0.15) is 0 Å². The Morgan fingerprint density at radius 3 is 2.50 bits per heavy atom. The van der Waals surface area contributed by atoms with E-state index in [9.17, 15) is 0 Å². The monoisotopic (exact) mass is 316 g/mol. The van der Waals surface area contributed by atoms with Crippen LogP contribution in [0.4, 0.5) is 0 Å². The van der Waals surface area contributed by atoms with Crippen molar-refractivity contribution in [3.05, 3.63) is 46.2 Å². The second-order valence-electron chi connectivity index (χ2n) is 5.81. The summed E-state index contributed by atoms with van der Waals surface area (Å²) in [5, 5.41) is 3.47. The number of piperazine rings is 1. The smallest absolute Gasteiger partial charge is 0.0926 e. The molecule has 1 aliphatic rings. The summed E-state index contributed by atoms with van der Waals surface area (Å²) in [7, 11) is 0. The summed E-state index contributed by atoms with van der Waals surface area (Å²) in [4.78, 5) is 13.8. The van der Waals surface area contributed by atoms with Gasteiger partial charge < -0.3 is 4.90 Å². The fourth-order valence-electron chi connectivity index (χ4n) is 2.82. The van der Waals surface area contributed by atoms with E-state index < -0.39 is 0 Å². The number of thiazole rings is 1. The molecule has 5 heteroatoms. The first kappa shape index (κ1) is 15.6. The average molecular weight is 316 g/mol. The van der Waals surface area contributed by atoms with E-state index in [0.29, 0.717) is 0 Å². The highest BCUT2D eigenvalue weighted by atomic mass is 32.1. The molecule has 1 saturated heterocycles. The molecule has 2 aromatic heterocycles. The van der Waals surface area contributed by atoms with Gasteiger partial charge in [-0.15, -0.1) is 11.3 Å². The maximum Gasteiger partial charge on any atom is 0.0926 e. The molecule has 1 aliphatic heterocycles. The van der Waals surface area contributed by atoms with Crippen molar-refractivity contribution in [3.8, 4) is 0 Å². The van der Waals surface area contributed by atoms with Gasteiger partial charge in [-0.05, 0) is 30.5 Å². The number of aromatic nitrogens is 2. The van der Waals surface area contributed by atoms with E-state index in [1.54, 1.807) is 11.3 Å². The molecular formula is C17H24N4S. The summed E-state index contributed by atoms with van der Waals surface area (Å²) in [5.74, 6) is 0. The third kappa shape index (κ3) is 4.35. The molecule has 0 spiro atoms. The van der Waals surface area contributed by atoms with Gasteiger partial charge in [-0.2, -0.15) is 0 Å². The predicted octanol–water partition coefficient (Wildman–Crippen LogP) is 2.46. The lowest BCUT2D eigenvalue weighted by atomic mass is 10.2. The molecule has 0 bridgehead atoms. The van der Waals surface area contributed by atoms with Crippen molar-refractivity contribution in [2.75, 3.05) is 32.7 Å². The first-order chi connectivity index (χ1) is 10.8. The van der Waals surface area contributed by atoms with Gasteiger partial charge in [-0.25, -0.2) is 4.98 Å². The number of nitrogens with zero attached hydrogens (tertiary/aromatic N) is 4. The Bertz CT molecular complexity index is 561. The summed E-state index contributed by atoms with van der Waals surface area (Å²) < 4.78 is 0. The molecule has 0 unspecified atom stereocenters. The third-order valence-electron chi connectivity index (χ3n) is 4.22. The van der Waals surface area contributed by atoms with E-state index in [2.05, 4.69) is 44.2 Å². The summed E-state index contributed by atoms with van der Waals surface area (Å²) in [6, 6.07) is 4.23. The van der Waals surface area contributed by atoms with E-state index in [0.717, 1.165) is 52.1 Å². The summed E-state index contributed by atoms with van der Waals surface area (Å²) >= 11 is 1.79. The highest BCUT2D eigenvalue weighted by molar-refractivity contribution is 7.09. The zero-order valence-corrected chi connectivity index (χ0v) is 14.1. The standard InChI is InChI=1S/C17H24N4S/c1-2-17-19-16(14-22-17)13-21-11-9-20(10-12-21)8-5-15-3-6-18-7-4-15/h3-4,6-7,14H,2,5,8-13H2,1H3. The largest absolute Gasteiger partial charge is 0.300 e. The lowest BCUT2D eigenvalue weighted by molar-refractivity contribution is 0.127. The van der Waals surface area contributed by atoms with Crippen LogP contribution >= 0.6 is 11.3 Å². The number of hydrogen-bond acceptors (Lipinski definition) is 5. The molecule has 0 saturated carbocycles. The summed E-state index contributed by atoms with van der Waals surface area (Å²) in [5.41, 5.74) is 2.62. The van der Waals surface area contributed by atoms with Crippen LogP contribution in [0.25, 0.3) is 0 Å². The Balaban J connectivity index is 1.40. The van der Waals surface area contributed by atoms with Crippen molar-refractivity contribution in [3.63, 3.8) is 0 Å². The second-order valence-corrected chi connectivity index (χ2v) is 6.75. The number of pyridine rings is 1. The Morgan fingerprint density at radius 2 is 1.82 bits per heavy atom. The lowest BCUT2D eigenvalue weighted by Crippen LogP contribution is -2.46. The first-order valence-corrected chi connectivity index (χ1v) is 8.98. The number of aryl methyl sites for hydroxylation is 1. The van der Waals surface area contributed by atoms with E-state index in [4.69, 9.17) is 0 Å². The maximum absolute atomic E-state index is 4.68. The van der Waals surface area contributed by atoms with Crippen molar-refractivity contribution in [2.24, 2.45) is 0 Å². The highest BCUT2D eigenvalue weighted by Crippen LogP contribution is 2.13. The predicted molar refractivity (Wildman–Crippen MR) is 91.2 cm³/mol. The fourth-order valence-corrected chi connectivity index (χ4v) is 3.56. The van der Waals surface area contributed by atoms with E-state index in [1.165, 1.54) is 16.3 Å². The Kier molecular flexibility index (Phi) is 5.53. The fraction of sp³-hybridized carbons (Fsp3) is 0.529. The van der Waals surface area contributed by atoms with Gasteiger partial charge >= 0.3 is 0 Å². The van der Waals surface area contributed by atoms with Crippen LogP contribution in [0.1, 0.15) is 23.2 Å². The molecule has 2 aromatic rings. The van der Waals surface area contributed by atoms with Crippen LogP contribution in [0, 0.1) is 0 Å². The second kappa shape index (κ2) is 7.81. The minimum atomic E-state index is 1.01. The molecule has 3 heterocycles. The van der Waals surface area contributed by atoms with Crippen LogP contribution in [0.2, 0.25) is 0 Å². The van der Waals surface area contributed by atoms with Crippen molar-refractivity contribution < 1.29 is 0 Å². The Hall–Kier alpha value is -1.30. The summed E-state index contributed by atoms with van der Waals surface area (Å²) in [6.07, 6.45) is 5.93. The SMILES string of the molecule is CCc1nc(CN2CCN(CCc3ccncc3)CC2)cs1. The highest BCUT2D eigenvalue weighted by Gasteiger charge is 2.17. The third-order valence-corrected chi connectivity index (χ3v) is 5.26. The molecule has 4 nitrogen and oxygen atoms in total. The first-order valence-electron chi connectivity index (χ1n) is 8.10. The van der Waals surface area contributed by atoms with Crippen molar-refractivity contribution in [1.82, 2.24) is 19.8 Å². The number of hydrogen-bond donors (Lipinski definition) is 0. The van der Waals surface area contributed by atoms with Crippen LogP contribution in [-0.2, 0) is 19.4 Å². The van der Waals surface area contributed by atoms with Gasteiger partial charge in [0.25, 0.3) is 0 Å². The molecule has 0 N–H and O–H groups in total. The van der Waals surface area contributed by atoms with Crippen LogP contribution in [0.5, 0.6) is 0 Å². The van der Waals surface area contributed by atoms with E-state index in [-0.39, 0.29) is 0 Å². The van der Waals surface area contributed by atoms with E-state index in [1.807, 2.05) is 12.4 Å². The number of rotatable bonds is 6. The van der Waals surface area contributed by atoms with Gasteiger partial charge in [0.05, 0.1) is 10.7 Å². The van der Waals surface area contributed by atoms with Gasteiger partial charge in [0.15, 0.2) is 0 Å². The topological polar surface area (TPSA) is 32.3 Å². The molecule has 0 aromatic carbocycles. The zero-order valence-electron chi connectivity index (χ0n) is 13.2. The Labute approximate surface area is 136 Å². The molecule has 1 fully saturated rings. The van der Waals surface area contributed by atoms with Gasteiger partial charge in [-0.3, -0.25) is 9.88 Å². The maximum atomic E-state index is 4.68. The average Bonchev–Trinajstić information content (AvgIpc) is 3.03. The van der Waals surface area contributed by atoms with Crippen LogP contribution in [-0.4, -0.2) is 52.5 Å². The molecular weight excluding hydrogens is 292 g/mol. The minimum absolute atomic E-state index is 1.01.